The number of carbonyl (C=O) groups excluding carboxylic acids is 1. The van der Waals surface area contributed by atoms with Gasteiger partial charge in [-0.25, -0.2) is 0 Å². The Morgan fingerprint density at radius 2 is 1.79 bits per heavy atom. The maximum atomic E-state index is 12.2. The second kappa shape index (κ2) is 8.40. The van der Waals surface area contributed by atoms with Crippen LogP contribution < -0.4 is 9.64 Å². The van der Waals surface area contributed by atoms with E-state index in [-0.39, 0.29) is 12.5 Å². The molecule has 128 valence electrons. The van der Waals surface area contributed by atoms with E-state index in [2.05, 4.69) is 15.9 Å². The molecule has 2 aromatic rings. The van der Waals surface area contributed by atoms with Crippen molar-refractivity contribution < 1.29 is 9.53 Å². The zero-order chi connectivity index (χ0) is 17.7. The third kappa shape index (κ3) is 5.14. The fourth-order valence-corrected chi connectivity index (χ4v) is 2.90. The number of carbonyl (C=O) groups is 1. The van der Waals surface area contributed by atoms with Crippen LogP contribution in [0.2, 0.25) is 5.02 Å². The molecule has 0 heterocycles. The van der Waals surface area contributed by atoms with Crippen molar-refractivity contribution in [1.29, 1.82) is 0 Å². The summed E-state index contributed by atoms with van der Waals surface area (Å²) in [5.74, 6) is 0.505. The molecular weight excluding hydrogens is 392 g/mol. The zero-order valence-corrected chi connectivity index (χ0v) is 16.3. The van der Waals surface area contributed by atoms with E-state index >= 15 is 0 Å². The van der Waals surface area contributed by atoms with E-state index in [0.29, 0.717) is 17.3 Å². The Morgan fingerprint density at radius 1 is 1.12 bits per heavy atom. The van der Waals surface area contributed by atoms with Crippen molar-refractivity contribution in [2.24, 2.45) is 0 Å². The van der Waals surface area contributed by atoms with Crippen molar-refractivity contribution in [3.63, 3.8) is 0 Å². The normalized spacial score (nSPS) is 10.4. The van der Waals surface area contributed by atoms with Crippen LogP contribution in [0.4, 0.5) is 5.69 Å². The van der Waals surface area contributed by atoms with Gasteiger partial charge in [-0.3, -0.25) is 4.79 Å². The van der Waals surface area contributed by atoms with Gasteiger partial charge < -0.3 is 14.5 Å². The molecule has 1 amide bonds. The Hall–Kier alpha value is -1.72. The fraction of sp³-hybridized carbons (Fsp3) is 0.278. The number of hydrogen-bond acceptors (Lipinski definition) is 3. The van der Waals surface area contributed by atoms with Crippen LogP contribution in [0.25, 0.3) is 0 Å². The highest BCUT2D eigenvalue weighted by atomic mass is 79.9. The third-order valence-electron chi connectivity index (χ3n) is 3.54. The number of likely N-dealkylation sites (N-methyl/N-ethyl adjacent to an activating group) is 1. The lowest BCUT2D eigenvalue weighted by Gasteiger charge is -2.19. The number of benzene rings is 2. The molecule has 0 fully saturated rings. The third-order valence-corrected chi connectivity index (χ3v) is 4.40. The number of rotatable bonds is 6. The summed E-state index contributed by atoms with van der Waals surface area (Å²) in [5.41, 5.74) is 2.20. The molecule has 0 radical (unpaired) electrons. The van der Waals surface area contributed by atoms with Crippen LogP contribution in [0.15, 0.2) is 46.9 Å². The van der Waals surface area contributed by atoms with Crippen molar-refractivity contribution in [2.75, 3.05) is 32.6 Å². The number of nitrogens with zero attached hydrogens (tertiary/aromatic N) is 2. The summed E-state index contributed by atoms with van der Waals surface area (Å²) in [6.45, 7) is 0.518. The largest absolute Gasteiger partial charge is 0.483 e. The minimum Gasteiger partial charge on any atom is -0.483 e. The molecule has 0 atom stereocenters. The first-order valence-corrected chi connectivity index (χ1v) is 8.62. The average Bonchev–Trinajstić information content (AvgIpc) is 2.54. The minimum atomic E-state index is -0.0893. The second-order valence-electron chi connectivity index (χ2n) is 5.67. The number of hydrogen-bond donors (Lipinski definition) is 0. The first-order chi connectivity index (χ1) is 11.4. The monoisotopic (exact) mass is 410 g/mol. The minimum absolute atomic E-state index is 0.0213. The van der Waals surface area contributed by atoms with Gasteiger partial charge in [0.15, 0.2) is 6.61 Å². The molecule has 0 aliphatic carbocycles. The maximum absolute atomic E-state index is 12.2. The molecule has 4 nitrogen and oxygen atoms in total. The number of amides is 1. The highest BCUT2D eigenvalue weighted by Crippen LogP contribution is 2.27. The lowest BCUT2D eigenvalue weighted by Crippen LogP contribution is -2.31. The van der Waals surface area contributed by atoms with Gasteiger partial charge >= 0.3 is 0 Å². The molecule has 0 aliphatic heterocycles. The first-order valence-electron chi connectivity index (χ1n) is 7.45. The summed E-state index contributed by atoms with van der Waals surface area (Å²) in [7, 11) is 5.76. The summed E-state index contributed by atoms with van der Waals surface area (Å²) in [4.78, 5) is 15.9. The van der Waals surface area contributed by atoms with E-state index in [9.17, 15) is 4.79 Å². The van der Waals surface area contributed by atoms with Crippen molar-refractivity contribution in [1.82, 2.24) is 4.90 Å². The Bertz CT molecular complexity index is 705. The van der Waals surface area contributed by atoms with Crippen LogP contribution in [0, 0.1) is 0 Å². The SMILES string of the molecule is CN(Cc1ccc(N(C)C)cc1)C(=O)COc1ccc(Cl)cc1Br. The fourth-order valence-electron chi connectivity index (χ4n) is 2.10. The molecule has 0 unspecified atom stereocenters. The molecule has 2 rings (SSSR count). The van der Waals surface area contributed by atoms with Crippen LogP contribution in [-0.2, 0) is 11.3 Å². The van der Waals surface area contributed by atoms with Gasteiger partial charge in [-0.2, -0.15) is 0 Å². The Labute approximate surface area is 156 Å². The molecule has 24 heavy (non-hydrogen) atoms. The van der Waals surface area contributed by atoms with E-state index in [4.69, 9.17) is 16.3 Å². The molecule has 0 saturated carbocycles. The van der Waals surface area contributed by atoms with Crippen molar-refractivity contribution in [3.05, 3.63) is 57.5 Å². The number of ether oxygens (including phenoxy) is 1. The summed E-state index contributed by atoms with van der Waals surface area (Å²) in [6.07, 6.45) is 0. The van der Waals surface area contributed by atoms with Gasteiger partial charge in [0, 0.05) is 38.4 Å². The predicted molar refractivity (Wildman–Crippen MR) is 102 cm³/mol. The second-order valence-corrected chi connectivity index (χ2v) is 6.96. The van der Waals surface area contributed by atoms with Gasteiger partial charge in [-0.15, -0.1) is 0 Å². The molecule has 2 aromatic carbocycles. The molecule has 0 saturated heterocycles. The van der Waals surface area contributed by atoms with Crippen LogP contribution in [0.3, 0.4) is 0 Å². The highest BCUT2D eigenvalue weighted by molar-refractivity contribution is 9.10. The van der Waals surface area contributed by atoms with Gasteiger partial charge in [0.25, 0.3) is 5.91 Å². The Morgan fingerprint density at radius 3 is 2.38 bits per heavy atom. The molecule has 0 spiro atoms. The van der Waals surface area contributed by atoms with Crippen LogP contribution in [-0.4, -0.2) is 38.6 Å². The van der Waals surface area contributed by atoms with Gasteiger partial charge in [-0.05, 0) is 51.8 Å². The van der Waals surface area contributed by atoms with Gasteiger partial charge in [-0.1, -0.05) is 23.7 Å². The summed E-state index contributed by atoms with van der Waals surface area (Å²) >= 11 is 9.26. The standard InChI is InChI=1S/C18H20BrClN2O2/c1-21(2)15-7-4-13(5-8-15)11-22(3)18(23)12-24-17-9-6-14(20)10-16(17)19/h4-10H,11-12H2,1-3H3. The topological polar surface area (TPSA) is 32.8 Å². The maximum Gasteiger partial charge on any atom is 0.260 e. The molecular formula is C18H20BrClN2O2. The molecule has 0 N–H and O–H groups in total. The van der Waals surface area contributed by atoms with E-state index < -0.39 is 0 Å². The smallest absolute Gasteiger partial charge is 0.260 e. The van der Waals surface area contributed by atoms with Crippen LogP contribution in [0.5, 0.6) is 5.75 Å². The lowest BCUT2D eigenvalue weighted by atomic mass is 10.2. The van der Waals surface area contributed by atoms with Crippen molar-refractivity contribution in [2.45, 2.75) is 6.54 Å². The number of halogens is 2. The molecule has 0 aliphatic rings. The lowest BCUT2D eigenvalue weighted by molar-refractivity contribution is -0.132. The van der Waals surface area contributed by atoms with E-state index in [1.807, 2.05) is 43.3 Å². The van der Waals surface area contributed by atoms with E-state index in [0.717, 1.165) is 15.7 Å². The first kappa shape index (κ1) is 18.6. The van der Waals surface area contributed by atoms with Gasteiger partial charge in [0.05, 0.1) is 4.47 Å². The summed E-state index contributed by atoms with van der Waals surface area (Å²) < 4.78 is 6.29. The number of anilines is 1. The zero-order valence-electron chi connectivity index (χ0n) is 13.9. The van der Waals surface area contributed by atoms with Crippen LogP contribution >= 0.6 is 27.5 Å². The molecule has 6 heteroatoms. The quantitative estimate of drug-likeness (QED) is 0.714. The molecule has 0 aromatic heterocycles. The van der Waals surface area contributed by atoms with E-state index in [1.165, 1.54) is 0 Å². The van der Waals surface area contributed by atoms with Crippen molar-refractivity contribution in [3.8, 4) is 5.75 Å². The van der Waals surface area contributed by atoms with Gasteiger partial charge in [0.2, 0.25) is 0 Å². The van der Waals surface area contributed by atoms with E-state index in [1.54, 1.807) is 30.1 Å². The highest BCUT2D eigenvalue weighted by Gasteiger charge is 2.11. The molecule has 0 bridgehead atoms. The van der Waals surface area contributed by atoms with Gasteiger partial charge in [0.1, 0.15) is 5.75 Å². The Kier molecular flexibility index (Phi) is 6.52. The summed E-state index contributed by atoms with van der Waals surface area (Å²) in [5, 5.41) is 0.610. The van der Waals surface area contributed by atoms with Crippen molar-refractivity contribution >= 4 is 39.1 Å². The summed E-state index contributed by atoms with van der Waals surface area (Å²) in [6, 6.07) is 13.3. The average molecular weight is 412 g/mol. The Balaban J connectivity index is 1.89. The van der Waals surface area contributed by atoms with Crippen LogP contribution in [0.1, 0.15) is 5.56 Å². The predicted octanol–water partition coefficient (Wildman–Crippen LogP) is 4.21.